The minimum atomic E-state index is -0.468. The fourth-order valence-electron chi connectivity index (χ4n) is 1.96. The van der Waals surface area contributed by atoms with E-state index < -0.39 is 5.91 Å². The summed E-state index contributed by atoms with van der Waals surface area (Å²) in [6.07, 6.45) is 1.43. The molecule has 2 aromatic rings. The molecule has 0 saturated heterocycles. The van der Waals surface area contributed by atoms with Gasteiger partial charge in [0.05, 0.1) is 0 Å². The molecule has 0 bridgehead atoms. The molecule has 0 fully saturated rings. The Morgan fingerprint density at radius 3 is 2.43 bits per heavy atom. The van der Waals surface area contributed by atoms with Crippen molar-refractivity contribution >= 4 is 17.3 Å². The maximum absolute atomic E-state index is 12.1. The van der Waals surface area contributed by atoms with Gasteiger partial charge in [-0.1, -0.05) is 30.3 Å². The smallest absolute Gasteiger partial charge is 0.267 e. The number of anilines is 2. The van der Waals surface area contributed by atoms with Gasteiger partial charge < -0.3 is 16.4 Å². The van der Waals surface area contributed by atoms with Crippen LogP contribution in [-0.2, 0) is 4.79 Å². The lowest BCUT2D eigenvalue weighted by Crippen LogP contribution is -2.18. The number of hydrogen-bond donors (Lipinski definition) is 3. The molecule has 0 aliphatic heterocycles. The lowest BCUT2D eigenvalue weighted by atomic mass is 10.1. The SMILES string of the molecule is CC(N/C=C(/C#N)C(=O)Nc1ccc(N)cc1)c1ccccc1. The van der Waals surface area contributed by atoms with E-state index in [1.165, 1.54) is 6.20 Å². The molecule has 0 saturated carbocycles. The quantitative estimate of drug-likeness (QED) is 0.450. The van der Waals surface area contributed by atoms with E-state index in [0.717, 1.165) is 5.56 Å². The Balaban J connectivity index is 2.02. The van der Waals surface area contributed by atoms with Crippen LogP contribution >= 0.6 is 0 Å². The van der Waals surface area contributed by atoms with Crippen LogP contribution in [-0.4, -0.2) is 5.91 Å². The van der Waals surface area contributed by atoms with E-state index in [0.29, 0.717) is 11.4 Å². The highest BCUT2D eigenvalue weighted by molar-refractivity contribution is 6.06. The van der Waals surface area contributed by atoms with E-state index in [-0.39, 0.29) is 11.6 Å². The maximum atomic E-state index is 12.1. The number of amides is 1. The number of carbonyl (C=O) groups excluding carboxylic acids is 1. The van der Waals surface area contributed by atoms with Crippen LogP contribution in [0.2, 0.25) is 0 Å². The van der Waals surface area contributed by atoms with Gasteiger partial charge in [-0.2, -0.15) is 5.26 Å². The predicted molar refractivity (Wildman–Crippen MR) is 91.2 cm³/mol. The zero-order chi connectivity index (χ0) is 16.7. The van der Waals surface area contributed by atoms with E-state index in [1.54, 1.807) is 24.3 Å². The Bertz CT molecular complexity index is 730. The lowest BCUT2D eigenvalue weighted by Gasteiger charge is -2.12. The Morgan fingerprint density at radius 2 is 1.83 bits per heavy atom. The van der Waals surface area contributed by atoms with Gasteiger partial charge in [-0.05, 0) is 36.8 Å². The fraction of sp³-hybridized carbons (Fsp3) is 0.111. The van der Waals surface area contributed by atoms with Crippen LogP contribution < -0.4 is 16.4 Å². The second-order valence-corrected chi connectivity index (χ2v) is 5.04. The van der Waals surface area contributed by atoms with Crippen LogP contribution in [0.5, 0.6) is 0 Å². The number of carbonyl (C=O) groups is 1. The summed E-state index contributed by atoms with van der Waals surface area (Å²) in [4.78, 5) is 12.1. The summed E-state index contributed by atoms with van der Waals surface area (Å²) >= 11 is 0. The number of nitriles is 1. The lowest BCUT2D eigenvalue weighted by molar-refractivity contribution is -0.112. The Morgan fingerprint density at radius 1 is 1.17 bits per heavy atom. The number of rotatable bonds is 5. The van der Waals surface area contributed by atoms with Crippen molar-refractivity contribution in [2.75, 3.05) is 11.1 Å². The minimum Gasteiger partial charge on any atom is -0.399 e. The maximum Gasteiger partial charge on any atom is 0.267 e. The number of nitrogens with one attached hydrogen (secondary N) is 2. The van der Waals surface area contributed by atoms with Gasteiger partial charge >= 0.3 is 0 Å². The fourth-order valence-corrected chi connectivity index (χ4v) is 1.96. The highest BCUT2D eigenvalue weighted by Crippen LogP contribution is 2.13. The molecule has 1 amide bonds. The molecule has 0 radical (unpaired) electrons. The molecule has 0 heterocycles. The van der Waals surface area contributed by atoms with Crippen molar-refractivity contribution in [2.45, 2.75) is 13.0 Å². The number of benzene rings is 2. The van der Waals surface area contributed by atoms with Gasteiger partial charge in [-0.25, -0.2) is 0 Å². The standard InChI is InChI=1S/C18H18N4O/c1-13(14-5-3-2-4-6-14)21-12-15(11-19)18(23)22-17-9-7-16(20)8-10-17/h2-10,12-13,21H,20H2,1H3,(H,22,23)/b15-12-. The second kappa shape index (κ2) is 7.66. The van der Waals surface area contributed by atoms with E-state index in [4.69, 9.17) is 11.0 Å². The third-order valence-corrected chi connectivity index (χ3v) is 3.31. The molecule has 116 valence electrons. The Hall–Kier alpha value is -3.26. The second-order valence-electron chi connectivity index (χ2n) is 5.04. The summed E-state index contributed by atoms with van der Waals surface area (Å²) < 4.78 is 0. The van der Waals surface area contributed by atoms with Crippen LogP contribution in [0.1, 0.15) is 18.5 Å². The van der Waals surface area contributed by atoms with E-state index in [9.17, 15) is 4.79 Å². The third kappa shape index (κ3) is 4.61. The first-order chi connectivity index (χ1) is 11.1. The van der Waals surface area contributed by atoms with Crippen molar-refractivity contribution in [1.29, 1.82) is 5.26 Å². The van der Waals surface area contributed by atoms with E-state index in [2.05, 4.69) is 10.6 Å². The topological polar surface area (TPSA) is 90.9 Å². The van der Waals surface area contributed by atoms with Gasteiger partial charge in [-0.15, -0.1) is 0 Å². The largest absolute Gasteiger partial charge is 0.399 e. The highest BCUT2D eigenvalue weighted by Gasteiger charge is 2.10. The monoisotopic (exact) mass is 306 g/mol. The van der Waals surface area contributed by atoms with Crippen molar-refractivity contribution in [3.63, 3.8) is 0 Å². The van der Waals surface area contributed by atoms with E-state index >= 15 is 0 Å². The first-order valence-electron chi connectivity index (χ1n) is 7.18. The van der Waals surface area contributed by atoms with Crippen LogP contribution in [0.4, 0.5) is 11.4 Å². The molecule has 23 heavy (non-hydrogen) atoms. The zero-order valence-electron chi connectivity index (χ0n) is 12.8. The highest BCUT2D eigenvalue weighted by atomic mass is 16.1. The summed E-state index contributed by atoms with van der Waals surface area (Å²) in [5.74, 6) is -0.468. The molecule has 5 nitrogen and oxygen atoms in total. The molecule has 2 rings (SSSR count). The van der Waals surface area contributed by atoms with E-state index in [1.807, 2.05) is 43.3 Å². The number of nitrogens with two attached hydrogens (primary N) is 1. The van der Waals surface area contributed by atoms with Gasteiger partial charge in [0.1, 0.15) is 11.6 Å². The molecule has 2 aromatic carbocycles. The first kappa shape index (κ1) is 16.1. The molecule has 1 unspecified atom stereocenters. The summed E-state index contributed by atoms with van der Waals surface area (Å²) in [5, 5.41) is 14.9. The van der Waals surface area contributed by atoms with Crippen molar-refractivity contribution in [3.05, 3.63) is 71.9 Å². The van der Waals surface area contributed by atoms with Crippen LogP contribution in [0.25, 0.3) is 0 Å². The molecule has 0 aliphatic carbocycles. The molecular weight excluding hydrogens is 288 g/mol. The normalized spacial score (nSPS) is 12.1. The zero-order valence-corrected chi connectivity index (χ0v) is 12.8. The van der Waals surface area contributed by atoms with Crippen LogP contribution in [0.15, 0.2) is 66.4 Å². The van der Waals surface area contributed by atoms with Gasteiger partial charge in [0.25, 0.3) is 5.91 Å². The summed E-state index contributed by atoms with van der Waals surface area (Å²) in [5.41, 5.74) is 7.86. The van der Waals surface area contributed by atoms with Crippen molar-refractivity contribution in [2.24, 2.45) is 0 Å². The molecule has 4 N–H and O–H groups in total. The van der Waals surface area contributed by atoms with Crippen molar-refractivity contribution in [1.82, 2.24) is 5.32 Å². The average Bonchev–Trinajstić information content (AvgIpc) is 2.58. The van der Waals surface area contributed by atoms with Gasteiger partial charge in [0.15, 0.2) is 0 Å². The number of nitrogens with zero attached hydrogens (tertiary/aromatic N) is 1. The van der Waals surface area contributed by atoms with Gasteiger partial charge in [0.2, 0.25) is 0 Å². The van der Waals surface area contributed by atoms with Crippen LogP contribution in [0.3, 0.4) is 0 Å². The number of nitrogen functional groups attached to an aromatic ring is 1. The molecule has 0 spiro atoms. The number of hydrogen-bond acceptors (Lipinski definition) is 4. The van der Waals surface area contributed by atoms with Gasteiger partial charge in [-0.3, -0.25) is 4.79 Å². The molecular formula is C18H18N4O. The third-order valence-electron chi connectivity index (χ3n) is 3.31. The summed E-state index contributed by atoms with van der Waals surface area (Å²) in [7, 11) is 0. The minimum absolute atomic E-state index is 0.00426. The van der Waals surface area contributed by atoms with Gasteiger partial charge in [0, 0.05) is 23.6 Å². The molecule has 0 aromatic heterocycles. The first-order valence-corrected chi connectivity index (χ1v) is 7.18. The molecule has 5 heteroatoms. The average molecular weight is 306 g/mol. The Labute approximate surface area is 135 Å². The van der Waals surface area contributed by atoms with Crippen LogP contribution in [0, 0.1) is 11.3 Å². The summed E-state index contributed by atoms with van der Waals surface area (Å²) in [6.45, 7) is 1.96. The summed E-state index contributed by atoms with van der Waals surface area (Å²) in [6, 6.07) is 18.4. The molecule has 0 aliphatic rings. The predicted octanol–water partition coefficient (Wildman–Crippen LogP) is 2.97. The van der Waals surface area contributed by atoms with Crippen molar-refractivity contribution in [3.8, 4) is 6.07 Å². The molecule has 1 atom stereocenters. The van der Waals surface area contributed by atoms with Crippen molar-refractivity contribution < 1.29 is 4.79 Å². The Kier molecular flexibility index (Phi) is 5.37.